The highest BCUT2D eigenvalue weighted by Gasteiger charge is 2.22. The Kier molecular flexibility index (Phi) is 2.84. The number of allylic oxidation sites excluding steroid dienone is 3. The Balaban J connectivity index is 1.96. The number of rotatable bonds is 1. The molecule has 0 amide bonds. The fourth-order valence-electron chi connectivity index (χ4n) is 2.23. The van der Waals surface area contributed by atoms with Crippen molar-refractivity contribution in [3.8, 4) is 0 Å². The molecule has 13 heavy (non-hydrogen) atoms. The molecular weight excluding hydrogens is 160 g/mol. The predicted octanol–water partition coefficient (Wildman–Crippen LogP) is 3.08. The van der Waals surface area contributed by atoms with Gasteiger partial charge in [-0.25, -0.2) is 0 Å². The molecule has 0 aromatic carbocycles. The van der Waals surface area contributed by atoms with Gasteiger partial charge in [0.2, 0.25) is 0 Å². The first-order valence-corrected chi connectivity index (χ1v) is 5.33. The number of hydrogen-bond donors (Lipinski definition) is 0. The zero-order chi connectivity index (χ0) is 9.10. The second kappa shape index (κ2) is 4.10. The molecule has 2 atom stereocenters. The topological polar surface area (TPSA) is 9.23 Å². The van der Waals surface area contributed by atoms with Crippen LogP contribution >= 0.6 is 0 Å². The van der Waals surface area contributed by atoms with Crippen molar-refractivity contribution in [2.24, 2.45) is 5.92 Å². The molecule has 2 aliphatic rings. The van der Waals surface area contributed by atoms with Crippen LogP contribution < -0.4 is 0 Å². The highest BCUT2D eigenvalue weighted by molar-refractivity contribution is 5.22. The van der Waals surface area contributed by atoms with E-state index >= 15 is 0 Å². The summed E-state index contributed by atoms with van der Waals surface area (Å²) in [7, 11) is 0. The van der Waals surface area contributed by atoms with Crippen LogP contribution in [-0.2, 0) is 4.74 Å². The van der Waals surface area contributed by atoms with Crippen LogP contribution in [0.4, 0.5) is 0 Å². The van der Waals surface area contributed by atoms with E-state index in [1.165, 1.54) is 31.3 Å². The normalized spacial score (nSPS) is 34.4. The van der Waals surface area contributed by atoms with E-state index in [0.717, 1.165) is 6.61 Å². The molecule has 1 heterocycles. The maximum atomic E-state index is 5.79. The Morgan fingerprint density at radius 1 is 1.38 bits per heavy atom. The van der Waals surface area contributed by atoms with Gasteiger partial charge in [-0.3, -0.25) is 0 Å². The van der Waals surface area contributed by atoms with E-state index in [2.05, 4.69) is 25.2 Å². The summed E-state index contributed by atoms with van der Waals surface area (Å²) in [4.78, 5) is 0. The van der Waals surface area contributed by atoms with E-state index in [0.29, 0.717) is 12.0 Å². The first-order chi connectivity index (χ1) is 6.36. The minimum Gasteiger partial charge on any atom is -0.378 e. The zero-order valence-electron chi connectivity index (χ0n) is 8.33. The van der Waals surface area contributed by atoms with E-state index in [4.69, 9.17) is 4.74 Å². The zero-order valence-corrected chi connectivity index (χ0v) is 8.33. The minimum atomic E-state index is 0.494. The van der Waals surface area contributed by atoms with Crippen molar-refractivity contribution < 1.29 is 4.74 Å². The predicted molar refractivity (Wildman–Crippen MR) is 54.6 cm³/mol. The first kappa shape index (κ1) is 9.01. The van der Waals surface area contributed by atoms with E-state index < -0.39 is 0 Å². The first-order valence-electron chi connectivity index (χ1n) is 5.33. The molecule has 1 fully saturated rings. The van der Waals surface area contributed by atoms with Crippen molar-refractivity contribution >= 4 is 0 Å². The fraction of sp³-hybridized carbons (Fsp3) is 0.667. The summed E-state index contributed by atoms with van der Waals surface area (Å²) in [6, 6.07) is 0. The van der Waals surface area contributed by atoms with Crippen molar-refractivity contribution in [1.82, 2.24) is 0 Å². The van der Waals surface area contributed by atoms with Crippen molar-refractivity contribution in [1.29, 1.82) is 0 Å². The van der Waals surface area contributed by atoms with Gasteiger partial charge < -0.3 is 4.74 Å². The Morgan fingerprint density at radius 3 is 3.00 bits per heavy atom. The summed E-state index contributed by atoms with van der Waals surface area (Å²) in [6.45, 7) is 3.14. The lowest BCUT2D eigenvalue weighted by atomic mass is 9.88. The van der Waals surface area contributed by atoms with Crippen LogP contribution in [0, 0.1) is 5.92 Å². The van der Waals surface area contributed by atoms with Crippen LogP contribution in [0.15, 0.2) is 23.8 Å². The van der Waals surface area contributed by atoms with Gasteiger partial charge in [-0.2, -0.15) is 0 Å². The monoisotopic (exact) mass is 178 g/mol. The van der Waals surface area contributed by atoms with Crippen LogP contribution in [-0.4, -0.2) is 12.7 Å². The Bertz CT molecular complexity index is 221. The molecule has 0 aromatic rings. The molecule has 1 nitrogen and oxygen atoms in total. The van der Waals surface area contributed by atoms with Crippen LogP contribution in [0.3, 0.4) is 0 Å². The molecular formula is C12H18O. The van der Waals surface area contributed by atoms with Crippen LogP contribution in [0.1, 0.15) is 32.6 Å². The lowest BCUT2D eigenvalue weighted by molar-refractivity contribution is -0.00864. The molecule has 72 valence electrons. The summed E-state index contributed by atoms with van der Waals surface area (Å²) in [6.07, 6.45) is 12.4. The molecule has 1 aliphatic heterocycles. The molecule has 1 saturated heterocycles. The van der Waals surface area contributed by atoms with Gasteiger partial charge >= 0.3 is 0 Å². The van der Waals surface area contributed by atoms with Gasteiger partial charge in [-0.1, -0.05) is 23.8 Å². The largest absolute Gasteiger partial charge is 0.378 e. The Morgan fingerprint density at radius 2 is 2.31 bits per heavy atom. The second-order valence-electron chi connectivity index (χ2n) is 4.12. The average molecular weight is 178 g/mol. The summed E-state index contributed by atoms with van der Waals surface area (Å²) < 4.78 is 5.79. The smallest absolute Gasteiger partial charge is 0.0640 e. The lowest BCUT2D eigenvalue weighted by Crippen LogP contribution is -2.27. The maximum Gasteiger partial charge on any atom is 0.0640 e. The molecule has 1 aliphatic carbocycles. The van der Waals surface area contributed by atoms with Gasteiger partial charge in [0.15, 0.2) is 0 Å². The third-order valence-corrected chi connectivity index (χ3v) is 2.96. The van der Waals surface area contributed by atoms with Gasteiger partial charge in [0.05, 0.1) is 6.10 Å². The standard InChI is InChI=1S/C12H18O/c1-10-5-4-6-11(9-10)12-7-2-3-8-13-12/h4-5,9,11-12H,2-3,6-8H2,1H3. The van der Waals surface area contributed by atoms with Crippen molar-refractivity contribution in [3.05, 3.63) is 23.8 Å². The molecule has 2 rings (SSSR count). The Labute approximate surface area is 80.5 Å². The molecule has 0 aromatic heterocycles. The van der Waals surface area contributed by atoms with E-state index in [1.54, 1.807) is 0 Å². The SMILES string of the molecule is CC1=CC(C2CCCCO2)CC=C1. The molecule has 0 radical (unpaired) electrons. The van der Waals surface area contributed by atoms with Crippen LogP contribution in [0.2, 0.25) is 0 Å². The van der Waals surface area contributed by atoms with Crippen molar-refractivity contribution in [2.45, 2.75) is 38.7 Å². The summed E-state index contributed by atoms with van der Waals surface area (Å²) >= 11 is 0. The lowest BCUT2D eigenvalue weighted by Gasteiger charge is -2.29. The fourth-order valence-corrected chi connectivity index (χ4v) is 2.23. The quantitative estimate of drug-likeness (QED) is 0.599. The van der Waals surface area contributed by atoms with Gasteiger partial charge in [0, 0.05) is 12.5 Å². The summed E-state index contributed by atoms with van der Waals surface area (Å²) in [5, 5.41) is 0. The van der Waals surface area contributed by atoms with E-state index in [9.17, 15) is 0 Å². The molecule has 0 N–H and O–H groups in total. The van der Waals surface area contributed by atoms with Crippen molar-refractivity contribution in [2.75, 3.05) is 6.61 Å². The third kappa shape index (κ3) is 2.22. The van der Waals surface area contributed by atoms with Crippen molar-refractivity contribution in [3.63, 3.8) is 0 Å². The molecule has 0 spiro atoms. The van der Waals surface area contributed by atoms with Crippen LogP contribution in [0.25, 0.3) is 0 Å². The highest BCUT2D eigenvalue weighted by atomic mass is 16.5. The second-order valence-corrected chi connectivity index (χ2v) is 4.12. The van der Waals surface area contributed by atoms with Gasteiger partial charge in [-0.05, 0) is 32.6 Å². The van der Waals surface area contributed by atoms with Gasteiger partial charge in [-0.15, -0.1) is 0 Å². The van der Waals surface area contributed by atoms with E-state index in [-0.39, 0.29) is 0 Å². The average Bonchev–Trinajstić information content (AvgIpc) is 2.19. The van der Waals surface area contributed by atoms with Gasteiger partial charge in [0.25, 0.3) is 0 Å². The molecule has 0 bridgehead atoms. The number of ether oxygens (including phenoxy) is 1. The Hall–Kier alpha value is -0.560. The van der Waals surface area contributed by atoms with Gasteiger partial charge in [0.1, 0.15) is 0 Å². The molecule has 2 unspecified atom stereocenters. The summed E-state index contributed by atoms with van der Waals surface area (Å²) in [5.41, 5.74) is 1.39. The summed E-state index contributed by atoms with van der Waals surface area (Å²) in [5.74, 6) is 0.644. The molecule has 1 heteroatoms. The maximum absolute atomic E-state index is 5.79. The number of hydrogen-bond acceptors (Lipinski definition) is 1. The van der Waals surface area contributed by atoms with E-state index in [1.807, 2.05) is 0 Å². The third-order valence-electron chi connectivity index (χ3n) is 2.96. The minimum absolute atomic E-state index is 0.494. The molecule has 0 saturated carbocycles. The highest BCUT2D eigenvalue weighted by Crippen LogP contribution is 2.27. The van der Waals surface area contributed by atoms with Crippen LogP contribution in [0.5, 0.6) is 0 Å².